The van der Waals surface area contributed by atoms with E-state index in [1.54, 1.807) is 12.1 Å². The van der Waals surface area contributed by atoms with E-state index in [9.17, 15) is 34.2 Å². The number of esters is 3. The van der Waals surface area contributed by atoms with Crippen molar-refractivity contribution < 1.29 is 63.0 Å². The SMILES string of the molecule is COc1ccc2c3c1O[C@H]1C(OC(=O)C[C@H](OC(=O)C[C@H](O)C(=O)O)C(=O)O[C@@H](C)C(C)=O)=CC[C@@]4(O)[C@@H](C2)N(C)CC[C@]314. The van der Waals surface area contributed by atoms with Crippen molar-refractivity contribution in [1.82, 2.24) is 4.90 Å². The van der Waals surface area contributed by atoms with E-state index in [1.807, 2.05) is 13.1 Å². The van der Waals surface area contributed by atoms with Crippen LogP contribution in [0.4, 0.5) is 0 Å². The molecule has 4 aliphatic rings. The number of Topliss-reactive ketones (excluding diaryl/α,β-unsaturated/α-hetero) is 1. The number of ketones is 1. The second kappa shape index (κ2) is 11.5. The van der Waals surface area contributed by atoms with Crippen molar-refractivity contribution in [2.75, 3.05) is 20.7 Å². The quantitative estimate of drug-likeness (QED) is 0.225. The van der Waals surface area contributed by atoms with E-state index >= 15 is 0 Å². The molecule has 0 saturated carbocycles. The number of benzene rings is 1. The van der Waals surface area contributed by atoms with E-state index in [-0.39, 0.29) is 18.2 Å². The van der Waals surface area contributed by atoms with Crippen LogP contribution in [0.15, 0.2) is 24.0 Å². The van der Waals surface area contributed by atoms with Crippen LogP contribution in [-0.2, 0) is 50.0 Å². The second-order valence-electron chi connectivity index (χ2n) is 11.7. The molecule has 0 radical (unpaired) electrons. The van der Waals surface area contributed by atoms with Gasteiger partial charge in [0.1, 0.15) is 5.76 Å². The van der Waals surface area contributed by atoms with E-state index < -0.39 is 77.9 Å². The highest BCUT2D eigenvalue weighted by atomic mass is 16.6. The van der Waals surface area contributed by atoms with Crippen LogP contribution < -0.4 is 9.47 Å². The maximum Gasteiger partial charge on any atom is 0.348 e. The molecule has 0 unspecified atom stereocenters. The van der Waals surface area contributed by atoms with Gasteiger partial charge in [-0.05, 0) is 58.0 Å². The Morgan fingerprint density at radius 1 is 1.14 bits per heavy atom. The number of carbonyl (C=O) groups is 5. The largest absolute Gasteiger partial charge is 0.493 e. The lowest BCUT2D eigenvalue weighted by atomic mass is 9.50. The van der Waals surface area contributed by atoms with Gasteiger partial charge < -0.3 is 43.9 Å². The van der Waals surface area contributed by atoms with Crippen molar-refractivity contribution >= 4 is 29.7 Å². The molecule has 3 N–H and O–H groups in total. The van der Waals surface area contributed by atoms with Crippen LogP contribution in [0, 0.1) is 0 Å². The number of aliphatic hydroxyl groups excluding tert-OH is 1. The third-order valence-electron chi connectivity index (χ3n) is 9.19. The van der Waals surface area contributed by atoms with Crippen LogP contribution in [0.3, 0.4) is 0 Å². The molecular weight excluding hydrogens is 582 g/mol. The van der Waals surface area contributed by atoms with Gasteiger partial charge in [-0.1, -0.05) is 6.07 Å². The van der Waals surface area contributed by atoms with Gasteiger partial charge in [0, 0.05) is 18.0 Å². The van der Waals surface area contributed by atoms with E-state index in [0.717, 1.165) is 11.1 Å². The topological polar surface area (TPSA) is 195 Å². The van der Waals surface area contributed by atoms with E-state index in [1.165, 1.54) is 21.0 Å². The molecule has 7 atom stereocenters. The first-order chi connectivity index (χ1) is 20.7. The average molecular weight is 618 g/mol. The van der Waals surface area contributed by atoms with Gasteiger partial charge in [-0.25, -0.2) is 9.59 Å². The maximum atomic E-state index is 13.3. The first kappa shape index (κ1) is 31.4. The van der Waals surface area contributed by atoms with Crippen molar-refractivity contribution in [3.8, 4) is 11.5 Å². The number of likely N-dealkylation sites (tertiary alicyclic amines) is 1. The molecule has 2 bridgehead atoms. The average Bonchev–Trinajstić information content (AvgIpc) is 3.31. The Bertz CT molecular complexity index is 1440. The molecule has 238 valence electrons. The maximum absolute atomic E-state index is 13.3. The second-order valence-corrected chi connectivity index (χ2v) is 11.7. The van der Waals surface area contributed by atoms with Crippen LogP contribution in [0.25, 0.3) is 0 Å². The summed E-state index contributed by atoms with van der Waals surface area (Å²) in [5, 5.41) is 30.7. The third-order valence-corrected chi connectivity index (χ3v) is 9.19. The number of carboxylic acid groups (broad SMARTS) is 1. The fraction of sp³-hybridized carbons (Fsp3) is 0.567. The standard InChI is InChI=1S/C30H35NO13/c1-14(32)15(2)41-28(38)20(43-22(34)12-17(33)27(36)37)13-23(35)42-19-7-8-30(39)21-11-16-5-6-18(40-4)25-24(16)29(30,26(19)44-25)9-10-31(21)3/h5-7,15,17,20-21,26,33,39H,8-13H2,1-4H3,(H,36,37)/t15-,17-,20-,21+,26-,29-,30+/m0/s1. The number of aliphatic carboxylic acids is 1. The van der Waals surface area contributed by atoms with E-state index in [2.05, 4.69) is 4.90 Å². The van der Waals surface area contributed by atoms with E-state index in [0.29, 0.717) is 30.9 Å². The number of rotatable bonds is 11. The Morgan fingerprint density at radius 2 is 1.86 bits per heavy atom. The van der Waals surface area contributed by atoms with Gasteiger partial charge in [0.25, 0.3) is 0 Å². The molecule has 1 saturated heterocycles. The highest BCUT2D eigenvalue weighted by Crippen LogP contribution is 2.65. The summed E-state index contributed by atoms with van der Waals surface area (Å²) in [6.07, 6.45) is -5.21. The number of hydrogen-bond donors (Lipinski definition) is 3. The van der Waals surface area contributed by atoms with Crippen LogP contribution in [0.1, 0.15) is 50.7 Å². The van der Waals surface area contributed by atoms with Crippen molar-refractivity contribution in [2.45, 2.75) is 87.4 Å². The molecule has 0 amide bonds. The number of hydrogen-bond acceptors (Lipinski definition) is 13. The Balaban J connectivity index is 1.41. The zero-order chi connectivity index (χ0) is 32.1. The minimum Gasteiger partial charge on any atom is -0.493 e. The third kappa shape index (κ3) is 5.00. The Kier molecular flexibility index (Phi) is 8.20. The molecule has 2 aliphatic carbocycles. The minimum absolute atomic E-state index is 0.103. The van der Waals surface area contributed by atoms with Crippen molar-refractivity contribution in [3.63, 3.8) is 0 Å². The summed E-state index contributed by atoms with van der Waals surface area (Å²) in [5.41, 5.74) is -0.391. The highest BCUT2D eigenvalue weighted by molar-refractivity contribution is 5.88. The number of ether oxygens (including phenoxy) is 5. The molecule has 5 rings (SSSR count). The summed E-state index contributed by atoms with van der Waals surface area (Å²) in [7, 11) is 3.46. The Labute approximate surface area is 252 Å². The predicted octanol–water partition coefficient (Wildman–Crippen LogP) is 0.174. The highest BCUT2D eigenvalue weighted by Gasteiger charge is 2.72. The molecule has 14 nitrogen and oxygen atoms in total. The molecule has 0 aromatic heterocycles. The molecule has 14 heteroatoms. The van der Waals surface area contributed by atoms with Crippen LogP contribution in [-0.4, -0.2) is 107 Å². The summed E-state index contributed by atoms with van der Waals surface area (Å²) in [6, 6.07) is 3.52. The number of methoxy groups -OCH3 is 1. The summed E-state index contributed by atoms with van der Waals surface area (Å²) >= 11 is 0. The Hall–Kier alpha value is -4.01. The zero-order valence-corrected chi connectivity index (χ0v) is 24.7. The van der Waals surface area contributed by atoms with Gasteiger partial charge in [0.05, 0.1) is 31.0 Å². The molecular formula is C30H35NO13. The molecule has 1 aromatic carbocycles. The number of piperidine rings is 1. The first-order valence-electron chi connectivity index (χ1n) is 14.2. The molecule has 2 aliphatic heterocycles. The number of nitrogens with zero attached hydrogens (tertiary/aromatic N) is 1. The van der Waals surface area contributed by atoms with Gasteiger partial charge in [-0.3, -0.25) is 14.4 Å². The van der Waals surface area contributed by atoms with Crippen LogP contribution >= 0.6 is 0 Å². The van der Waals surface area contributed by atoms with E-state index in [4.69, 9.17) is 28.8 Å². The van der Waals surface area contributed by atoms with Gasteiger partial charge in [0.15, 0.2) is 35.6 Å². The normalized spacial score (nSPS) is 28.3. The number of carboxylic acids is 1. The van der Waals surface area contributed by atoms with Crippen molar-refractivity contribution in [3.05, 3.63) is 35.1 Å². The van der Waals surface area contributed by atoms with Crippen molar-refractivity contribution in [1.29, 1.82) is 0 Å². The molecule has 44 heavy (non-hydrogen) atoms. The fourth-order valence-corrected chi connectivity index (χ4v) is 6.87. The lowest BCUT2D eigenvalue weighted by Gasteiger charge is -2.61. The number of likely N-dealkylation sites (N-methyl/N-ethyl adjacent to an activating group) is 1. The molecule has 1 aromatic rings. The van der Waals surface area contributed by atoms with Gasteiger partial charge in [0.2, 0.25) is 6.10 Å². The Morgan fingerprint density at radius 3 is 2.52 bits per heavy atom. The molecule has 1 spiro atoms. The zero-order valence-electron chi connectivity index (χ0n) is 24.7. The van der Waals surface area contributed by atoms with Gasteiger partial charge >= 0.3 is 23.9 Å². The predicted molar refractivity (Wildman–Crippen MR) is 147 cm³/mol. The summed E-state index contributed by atoms with van der Waals surface area (Å²) in [5.74, 6) is -4.72. The lowest BCUT2D eigenvalue weighted by molar-refractivity contribution is -0.178. The molecule has 2 heterocycles. The van der Waals surface area contributed by atoms with Crippen LogP contribution in [0.2, 0.25) is 0 Å². The molecule has 1 fully saturated rings. The number of carbonyl (C=O) groups excluding carboxylic acids is 4. The van der Waals surface area contributed by atoms with Gasteiger partial charge in [-0.2, -0.15) is 0 Å². The lowest BCUT2D eigenvalue weighted by Crippen LogP contribution is -2.74. The van der Waals surface area contributed by atoms with Crippen molar-refractivity contribution in [2.24, 2.45) is 0 Å². The minimum atomic E-state index is -2.11. The smallest absolute Gasteiger partial charge is 0.348 e. The fourth-order valence-electron chi connectivity index (χ4n) is 6.87. The van der Waals surface area contributed by atoms with Crippen LogP contribution in [0.5, 0.6) is 11.5 Å². The monoisotopic (exact) mass is 617 g/mol. The van der Waals surface area contributed by atoms with Gasteiger partial charge in [-0.15, -0.1) is 0 Å². The summed E-state index contributed by atoms with van der Waals surface area (Å²) in [4.78, 5) is 63.1. The first-order valence-corrected chi connectivity index (χ1v) is 14.2. The summed E-state index contributed by atoms with van der Waals surface area (Å²) in [6.45, 7) is 3.10. The summed E-state index contributed by atoms with van der Waals surface area (Å²) < 4.78 is 27.8. The number of aliphatic hydroxyl groups is 2.